The lowest BCUT2D eigenvalue weighted by molar-refractivity contribution is -0.146. The fourth-order valence-corrected chi connectivity index (χ4v) is 6.19. The van der Waals surface area contributed by atoms with Crippen LogP contribution >= 0.6 is 0 Å². The Balaban J connectivity index is 1.74. The van der Waals surface area contributed by atoms with Crippen molar-refractivity contribution in [3.8, 4) is 0 Å². The van der Waals surface area contributed by atoms with Crippen LogP contribution in [-0.2, 0) is 14.3 Å². The molecule has 1 aliphatic heterocycles. The zero-order chi connectivity index (χ0) is 20.5. The van der Waals surface area contributed by atoms with Crippen molar-refractivity contribution >= 4 is 11.9 Å². The van der Waals surface area contributed by atoms with Crippen molar-refractivity contribution in [3.05, 3.63) is 12.2 Å². The van der Waals surface area contributed by atoms with Gasteiger partial charge in [-0.25, -0.2) is 0 Å². The Morgan fingerprint density at radius 3 is 2.71 bits per heavy atom. The maximum absolute atomic E-state index is 13.0. The second-order valence-electron chi connectivity index (χ2n) is 9.84. The number of rotatable bonds is 5. The van der Waals surface area contributed by atoms with Crippen LogP contribution in [0.2, 0.25) is 0 Å². The third-order valence-electron chi connectivity index (χ3n) is 7.67. The van der Waals surface area contributed by atoms with E-state index >= 15 is 0 Å². The van der Waals surface area contributed by atoms with E-state index in [1.165, 1.54) is 31.9 Å². The molecule has 0 unspecified atom stereocenters. The zero-order valence-corrected chi connectivity index (χ0v) is 18.1. The molecule has 5 nitrogen and oxygen atoms in total. The summed E-state index contributed by atoms with van der Waals surface area (Å²) in [5.41, 5.74) is 1.57. The molecule has 3 aliphatic rings. The molecule has 1 heterocycles. The summed E-state index contributed by atoms with van der Waals surface area (Å²) in [5.74, 6) is 1.18. The molecule has 2 saturated carbocycles. The van der Waals surface area contributed by atoms with Gasteiger partial charge in [0.15, 0.2) is 0 Å². The van der Waals surface area contributed by atoms with Crippen LogP contribution in [0.1, 0.15) is 65.7 Å². The maximum Gasteiger partial charge on any atom is 0.323 e. The molecule has 1 saturated heterocycles. The molecule has 28 heavy (non-hydrogen) atoms. The van der Waals surface area contributed by atoms with E-state index in [0.29, 0.717) is 17.8 Å². The van der Waals surface area contributed by atoms with Crippen molar-refractivity contribution in [3.63, 3.8) is 0 Å². The minimum atomic E-state index is -0.280. The van der Waals surface area contributed by atoms with Crippen molar-refractivity contribution in [2.24, 2.45) is 23.2 Å². The third-order valence-corrected chi connectivity index (χ3v) is 7.67. The fourth-order valence-electron chi connectivity index (χ4n) is 6.19. The van der Waals surface area contributed by atoms with Gasteiger partial charge in [0, 0.05) is 12.0 Å². The third kappa shape index (κ3) is 4.14. The van der Waals surface area contributed by atoms with E-state index in [9.17, 15) is 9.59 Å². The second kappa shape index (κ2) is 8.56. The first-order chi connectivity index (χ1) is 13.3. The van der Waals surface area contributed by atoms with Gasteiger partial charge in [-0.1, -0.05) is 32.9 Å². The molecule has 0 aromatic carbocycles. The van der Waals surface area contributed by atoms with E-state index in [1.807, 2.05) is 4.90 Å². The molecular formula is C23H38N2O3. The summed E-state index contributed by atoms with van der Waals surface area (Å²) in [7, 11) is 1.42. The summed E-state index contributed by atoms with van der Waals surface area (Å²) in [6, 6.07) is -0.129. The number of hydrogen-bond donors (Lipinski definition) is 1. The van der Waals surface area contributed by atoms with Gasteiger partial charge in [0.05, 0.1) is 13.7 Å². The predicted molar refractivity (Wildman–Crippen MR) is 111 cm³/mol. The van der Waals surface area contributed by atoms with Crippen LogP contribution in [0.25, 0.3) is 0 Å². The van der Waals surface area contributed by atoms with Crippen LogP contribution in [0.3, 0.4) is 0 Å². The Morgan fingerprint density at radius 1 is 1.29 bits per heavy atom. The highest BCUT2D eigenvalue weighted by Gasteiger charge is 2.50. The number of carbonyl (C=O) groups is 2. The van der Waals surface area contributed by atoms with Crippen molar-refractivity contribution in [1.29, 1.82) is 0 Å². The van der Waals surface area contributed by atoms with E-state index in [0.717, 1.165) is 32.2 Å². The van der Waals surface area contributed by atoms with Gasteiger partial charge in [0.25, 0.3) is 0 Å². The summed E-state index contributed by atoms with van der Waals surface area (Å²) >= 11 is 0. The molecule has 0 spiro atoms. The first-order valence-corrected chi connectivity index (χ1v) is 11.1. The molecule has 5 atom stereocenters. The number of ether oxygens (including phenoxy) is 1. The van der Waals surface area contributed by atoms with Crippen LogP contribution in [0.5, 0.6) is 0 Å². The Bertz CT molecular complexity index is 617. The number of esters is 1. The lowest BCUT2D eigenvalue weighted by Crippen LogP contribution is -2.58. The highest BCUT2D eigenvalue weighted by molar-refractivity contribution is 5.81. The van der Waals surface area contributed by atoms with E-state index in [1.54, 1.807) is 0 Å². The lowest BCUT2D eigenvalue weighted by atomic mass is 9.53. The topological polar surface area (TPSA) is 58.6 Å². The van der Waals surface area contributed by atoms with Crippen molar-refractivity contribution in [2.45, 2.75) is 77.8 Å². The van der Waals surface area contributed by atoms with Gasteiger partial charge in [-0.05, 0) is 68.7 Å². The van der Waals surface area contributed by atoms with Crippen molar-refractivity contribution in [1.82, 2.24) is 10.2 Å². The number of fused-ring (bicyclic) bond motifs is 1. The second-order valence-corrected chi connectivity index (χ2v) is 9.84. The minimum absolute atomic E-state index is 0.0362. The normalized spacial score (nSPS) is 36.2. The van der Waals surface area contributed by atoms with Crippen LogP contribution in [0.4, 0.5) is 0 Å². The summed E-state index contributed by atoms with van der Waals surface area (Å²) in [5, 5.41) is 3.42. The van der Waals surface area contributed by atoms with E-state index < -0.39 is 0 Å². The van der Waals surface area contributed by atoms with Gasteiger partial charge < -0.3 is 10.1 Å². The van der Waals surface area contributed by atoms with Gasteiger partial charge in [0.1, 0.15) is 6.04 Å². The molecule has 1 amide bonds. The van der Waals surface area contributed by atoms with Crippen LogP contribution in [-0.4, -0.2) is 49.1 Å². The smallest absolute Gasteiger partial charge is 0.323 e. The van der Waals surface area contributed by atoms with Crippen LogP contribution in [0.15, 0.2) is 12.2 Å². The zero-order valence-electron chi connectivity index (χ0n) is 18.1. The summed E-state index contributed by atoms with van der Waals surface area (Å²) in [6.45, 7) is 12.4. The standard InChI is InChI=1S/C23H38N2O3/c1-15(2)17-10-12-23(4)11-6-8-16(3)20(23)21(17)24-19(26)14-25-13-7-9-18(25)22(27)28-5/h15,17-18,20-21H,3,6-14H2,1-2,4-5H3,(H,24,26)/t17-,18-,20+,21-,23+/m0/s1. The van der Waals surface area contributed by atoms with E-state index in [4.69, 9.17) is 4.74 Å². The van der Waals surface area contributed by atoms with Crippen LogP contribution in [0, 0.1) is 23.2 Å². The largest absolute Gasteiger partial charge is 0.468 e. The summed E-state index contributed by atoms with van der Waals surface area (Å²) < 4.78 is 4.92. The molecule has 0 aromatic rings. The lowest BCUT2D eigenvalue weighted by Gasteiger charge is -2.54. The SMILES string of the molecule is C=C1CCC[C@]2(C)CC[C@@H](C(C)C)[C@H](NC(=O)CN3CCC[C@H]3C(=O)OC)[C@@H]12. The average Bonchev–Trinajstić information content (AvgIpc) is 3.08. The molecule has 0 aromatic heterocycles. The van der Waals surface area contributed by atoms with Crippen LogP contribution < -0.4 is 5.32 Å². The molecule has 0 radical (unpaired) electrons. The van der Waals surface area contributed by atoms with E-state index in [-0.39, 0.29) is 35.9 Å². The Kier molecular flexibility index (Phi) is 6.53. The van der Waals surface area contributed by atoms with Crippen molar-refractivity contribution < 1.29 is 14.3 Å². The fraction of sp³-hybridized carbons (Fsp3) is 0.826. The Labute approximate surface area is 170 Å². The number of hydrogen-bond acceptors (Lipinski definition) is 4. The molecule has 1 N–H and O–H groups in total. The molecule has 3 rings (SSSR count). The summed E-state index contributed by atoms with van der Waals surface area (Å²) in [4.78, 5) is 27.0. The predicted octanol–water partition coefficient (Wildman–Crippen LogP) is 3.54. The first kappa shape index (κ1) is 21.4. The Hall–Kier alpha value is -1.36. The summed E-state index contributed by atoms with van der Waals surface area (Å²) in [6.07, 6.45) is 7.61. The number of likely N-dealkylation sites (tertiary alicyclic amines) is 1. The van der Waals surface area contributed by atoms with Gasteiger partial charge in [0.2, 0.25) is 5.91 Å². The number of nitrogens with one attached hydrogen (secondary N) is 1. The quantitative estimate of drug-likeness (QED) is 0.576. The van der Waals surface area contributed by atoms with Gasteiger partial charge in [-0.2, -0.15) is 0 Å². The highest BCUT2D eigenvalue weighted by atomic mass is 16.5. The number of carbonyl (C=O) groups excluding carboxylic acids is 2. The number of amides is 1. The molecule has 0 bridgehead atoms. The van der Waals surface area contributed by atoms with Crippen molar-refractivity contribution in [2.75, 3.05) is 20.2 Å². The highest BCUT2D eigenvalue weighted by Crippen LogP contribution is 2.54. The molecule has 158 valence electrons. The molecule has 3 fully saturated rings. The molecule has 5 heteroatoms. The minimum Gasteiger partial charge on any atom is -0.468 e. The van der Waals surface area contributed by atoms with Gasteiger partial charge in [-0.15, -0.1) is 0 Å². The van der Waals surface area contributed by atoms with Gasteiger partial charge >= 0.3 is 5.97 Å². The maximum atomic E-state index is 13.0. The molecule has 2 aliphatic carbocycles. The average molecular weight is 391 g/mol. The van der Waals surface area contributed by atoms with Gasteiger partial charge in [-0.3, -0.25) is 14.5 Å². The first-order valence-electron chi connectivity index (χ1n) is 11.1. The number of nitrogens with zero attached hydrogens (tertiary/aromatic N) is 1. The monoisotopic (exact) mass is 390 g/mol. The van der Waals surface area contributed by atoms with E-state index in [2.05, 4.69) is 32.7 Å². The number of methoxy groups -OCH3 is 1. The Morgan fingerprint density at radius 2 is 2.04 bits per heavy atom. The molecular weight excluding hydrogens is 352 g/mol.